The number of carboxylic acids is 1. The number of benzene rings is 1. The van der Waals surface area contributed by atoms with Gasteiger partial charge in [0.15, 0.2) is 5.54 Å². The number of rotatable bonds is 6. The highest BCUT2D eigenvalue weighted by atomic mass is 16.4. The molecule has 0 bridgehead atoms. The van der Waals surface area contributed by atoms with E-state index in [9.17, 15) is 14.7 Å². The van der Waals surface area contributed by atoms with E-state index in [1.54, 1.807) is 23.4 Å². The minimum absolute atomic E-state index is 0.0304. The Kier molecular flexibility index (Phi) is 5.37. The molecule has 7 nitrogen and oxygen atoms in total. The minimum atomic E-state index is -1.06. The monoisotopic (exact) mass is 356 g/mol. The number of hydrogen-bond acceptors (Lipinski definition) is 4. The van der Waals surface area contributed by atoms with Gasteiger partial charge in [-0.15, -0.1) is 0 Å². The fourth-order valence-corrected chi connectivity index (χ4v) is 3.47. The van der Waals surface area contributed by atoms with E-state index in [2.05, 4.69) is 5.10 Å². The van der Waals surface area contributed by atoms with E-state index in [-0.39, 0.29) is 5.91 Å². The fraction of sp³-hybridized carbons (Fsp3) is 0.421. The summed E-state index contributed by atoms with van der Waals surface area (Å²) in [6.45, 7) is 1.86. The summed E-state index contributed by atoms with van der Waals surface area (Å²) in [5.74, 6) is -0.864. The number of amides is 1. The summed E-state index contributed by atoms with van der Waals surface area (Å²) < 4.78 is 1.51. The molecule has 1 amide bonds. The third-order valence-corrected chi connectivity index (χ3v) is 4.98. The smallest absolute Gasteiger partial charge is 0.331 e. The van der Waals surface area contributed by atoms with Crippen LogP contribution < -0.4 is 0 Å². The van der Waals surface area contributed by atoms with E-state index in [0.29, 0.717) is 39.0 Å². The van der Waals surface area contributed by atoms with Crippen molar-refractivity contribution in [2.45, 2.75) is 24.9 Å². The first kappa shape index (κ1) is 18.1. The maximum absolute atomic E-state index is 12.6. The van der Waals surface area contributed by atoms with E-state index in [4.69, 9.17) is 0 Å². The molecule has 1 N–H and O–H groups in total. The summed E-state index contributed by atoms with van der Waals surface area (Å²) in [7, 11) is 1.92. The normalized spacial score (nSPS) is 16.6. The first-order valence-corrected chi connectivity index (χ1v) is 8.75. The van der Waals surface area contributed by atoms with Gasteiger partial charge in [-0.2, -0.15) is 5.10 Å². The van der Waals surface area contributed by atoms with Gasteiger partial charge in [0, 0.05) is 44.9 Å². The molecule has 138 valence electrons. The number of aromatic nitrogens is 2. The Bertz CT molecular complexity index is 737. The molecule has 1 aliphatic heterocycles. The average Bonchev–Trinajstić information content (AvgIpc) is 3.17. The topological polar surface area (TPSA) is 78.7 Å². The number of carboxylic acid groups (broad SMARTS) is 1. The summed E-state index contributed by atoms with van der Waals surface area (Å²) in [5.41, 5.74) is 0.0981. The molecular formula is C19H24N4O3. The fourth-order valence-electron chi connectivity index (χ4n) is 3.47. The van der Waals surface area contributed by atoms with E-state index < -0.39 is 11.5 Å². The summed E-state index contributed by atoms with van der Waals surface area (Å²) >= 11 is 0. The molecule has 0 saturated carbocycles. The van der Waals surface area contributed by atoms with Crippen LogP contribution in [0.25, 0.3) is 0 Å². The van der Waals surface area contributed by atoms with E-state index in [0.717, 1.165) is 5.56 Å². The van der Waals surface area contributed by atoms with Crippen LogP contribution in [0.3, 0.4) is 0 Å². The number of piperidine rings is 1. The zero-order chi connectivity index (χ0) is 18.6. The SMILES string of the molecule is CN(CC(=O)N1CCC(C(=O)O)(n2cccn2)CC1)Cc1ccccc1. The summed E-state index contributed by atoms with van der Waals surface area (Å²) in [6, 6.07) is 11.7. The van der Waals surface area contributed by atoms with Crippen LogP contribution in [-0.2, 0) is 21.7 Å². The van der Waals surface area contributed by atoms with Crippen LogP contribution in [0.1, 0.15) is 18.4 Å². The Morgan fingerprint density at radius 2 is 1.88 bits per heavy atom. The first-order valence-electron chi connectivity index (χ1n) is 8.75. The number of nitrogens with zero attached hydrogens (tertiary/aromatic N) is 4. The number of likely N-dealkylation sites (N-methyl/N-ethyl adjacent to an activating group) is 1. The minimum Gasteiger partial charge on any atom is -0.479 e. The van der Waals surface area contributed by atoms with E-state index in [1.807, 2.05) is 42.3 Å². The van der Waals surface area contributed by atoms with E-state index >= 15 is 0 Å². The highest BCUT2D eigenvalue weighted by Gasteiger charge is 2.44. The van der Waals surface area contributed by atoms with Crippen molar-refractivity contribution in [3.63, 3.8) is 0 Å². The van der Waals surface area contributed by atoms with Crippen molar-refractivity contribution in [1.29, 1.82) is 0 Å². The summed E-state index contributed by atoms with van der Waals surface area (Å²) in [4.78, 5) is 28.2. The van der Waals surface area contributed by atoms with Crippen molar-refractivity contribution in [1.82, 2.24) is 19.6 Å². The highest BCUT2D eigenvalue weighted by molar-refractivity contribution is 5.80. The molecule has 2 heterocycles. The molecule has 26 heavy (non-hydrogen) atoms. The average molecular weight is 356 g/mol. The van der Waals surface area contributed by atoms with Crippen LogP contribution in [0.15, 0.2) is 48.8 Å². The van der Waals surface area contributed by atoms with Crippen LogP contribution in [0.4, 0.5) is 0 Å². The van der Waals surface area contributed by atoms with Crippen LogP contribution >= 0.6 is 0 Å². The van der Waals surface area contributed by atoms with Crippen molar-refractivity contribution in [2.24, 2.45) is 0 Å². The van der Waals surface area contributed by atoms with Crippen molar-refractivity contribution in [3.05, 3.63) is 54.4 Å². The molecule has 1 aromatic carbocycles. The molecule has 0 unspecified atom stereocenters. The van der Waals surface area contributed by atoms with Crippen molar-refractivity contribution in [3.8, 4) is 0 Å². The van der Waals surface area contributed by atoms with Gasteiger partial charge < -0.3 is 10.0 Å². The standard InChI is InChI=1S/C19H24N4O3/c1-21(14-16-6-3-2-4-7-16)15-17(24)22-12-8-19(9-13-22,18(25)26)23-11-5-10-20-23/h2-7,10-11H,8-9,12-15H2,1H3,(H,25,26). The molecule has 2 aromatic rings. The quantitative estimate of drug-likeness (QED) is 0.847. The lowest BCUT2D eigenvalue weighted by Crippen LogP contribution is -2.53. The van der Waals surface area contributed by atoms with Gasteiger partial charge in [-0.3, -0.25) is 14.4 Å². The van der Waals surface area contributed by atoms with Crippen LogP contribution in [-0.4, -0.2) is 63.2 Å². The lowest BCUT2D eigenvalue weighted by atomic mass is 9.87. The van der Waals surface area contributed by atoms with E-state index in [1.165, 1.54) is 4.68 Å². The third kappa shape index (κ3) is 3.77. The number of likely N-dealkylation sites (tertiary alicyclic amines) is 1. The van der Waals surface area contributed by atoms with Gasteiger partial charge in [0.2, 0.25) is 5.91 Å². The maximum atomic E-state index is 12.6. The van der Waals surface area contributed by atoms with Crippen molar-refractivity contribution in [2.75, 3.05) is 26.7 Å². The highest BCUT2D eigenvalue weighted by Crippen LogP contribution is 2.30. The Morgan fingerprint density at radius 3 is 2.46 bits per heavy atom. The van der Waals surface area contributed by atoms with Crippen molar-refractivity contribution < 1.29 is 14.7 Å². The van der Waals surface area contributed by atoms with Gasteiger partial charge in [0.25, 0.3) is 0 Å². The summed E-state index contributed by atoms with van der Waals surface area (Å²) in [6.07, 6.45) is 3.98. The van der Waals surface area contributed by atoms with Crippen LogP contribution in [0.2, 0.25) is 0 Å². The van der Waals surface area contributed by atoms with Crippen molar-refractivity contribution >= 4 is 11.9 Å². The zero-order valence-electron chi connectivity index (χ0n) is 14.9. The largest absolute Gasteiger partial charge is 0.479 e. The lowest BCUT2D eigenvalue weighted by Gasteiger charge is -2.39. The van der Waals surface area contributed by atoms with Crippen LogP contribution in [0, 0.1) is 0 Å². The van der Waals surface area contributed by atoms with Gasteiger partial charge >= 0.3 is 5.97 Å². The molecule has 0 atom stereocenters. The molecule has 1 saturated heterocycles. The predicted molar refractivity (Wildman–Crippen MR) is 96.4 cm³/mol. The Labute approximate surface area is 152 Å². The number of carbonyl (C=O) groups is 2. The Balaban J connectivity index is 1.57. The molecule has 0 spiro atoms. The van der Waals surface area contributed by atoms with Gasteiger partial charge in [0.05, 0.1) is 6.54 Å². The van der Waals surface area contributed by atoms with Gasteiger partial charge in [-0.25, -0.2) is 4.79 Å². The molecule has 1 aromatic heterocycles. The van der Waals surface area contributed by atoms with Gasteiger partial charge in [-0.05, 0) is 18.7 Å². The number of carbonyl (C=O) groups excluding carboxylic acids is 1. The first-order chi connectivity index (χ1) is 12.5. The molecule has 0 aliphatic carbocycles. The molecule has 0 radical (unpaired) electrons. The second-order valence-corrected chi connectivity index (χ2v) is 6.83. The number of aliphatic carboxylic acids is 1. The Hall–Kier alpha value is -2.67. The molecule has 1 aliphatic rings. The molecule has 3 rings (SSSR count). The zero-order valence-corrected chi connectivity index (χ0v) is 14.9. The second-order valence-electron chi connectivity index (χ2n) is 6.83. The van der Waals surface area contributed by atoms with Gasteiger partial charge in [-0.1, -0.05) is 30.3 Å². The number of hydrogen-bond donors (Lipinski definition) is 1. The third-order valence-electron chi connectivity index (χ3n) is 4.98. The summed E-state index contributed by atoms with van der Waals surface area (Å²) in [5, 5.41) is 13.8. The molecule has 7 heteroatoms. The molecule has 1 fully saturated rings. The lowest BCUT2D eigenvalue weighted by molar-refractivity contribution is -0.153. The Morgan fingerprint density at radius 1 is 1.19 bits per heavy atom. The predicted octanol–water partition coefficient (Wildman–Crippen LogP) is 1.42. The second kappa shape index (κ2) is 7.70. The van der Waals surface area contributed by atoms with Gasteiger partial charge in [0.1, 0.15) is 0 Å². The molecular weight excluding hydrogens is 332 g/mol. The maximum Gasteiger partial charge on any atom is 0.331 e. The van der Waals surface area contributed by atoms with Crippen LogP contribution in [0.5, 0.6) is 0 Å².